The van der Waals surface area contributed by atoms with Crippen molar-refractivity contribution in [3.05, 3.63) is 83.9 Å². The summed E-state index contributed by atoms with van der Waals surface area (Å²) in [6, 6.07) is 23.3. The predicted molar refractivity (Wildman–Crippen MR) is 164 cm³/mol. The SMILES string of the molecule is CCCCC1COC(C)(c2ccc([S+](c3ccc(OC(C)C(F)(F)S(=O)(=O)O)cc3)c3ccc(C(C)(C)C)cc3)cc2)O1. The van der Waals surface area contributed by atoms with Gasteiger partial charge in [0, 0.05) is 5.56 Å². The smallest absolute Gasteiger partial charge is 0.405 e. The Morgan fingerprint density at radius 1 is 0.977 bits per heavy atom. The van der Waals surface area contributed by atoms with Crippen LogP contribution in [-0.4, -0.2) is 37.0 Å². The van der Waals surface area contributed by atoms with Crippen molar-refractivity contribution in [2.24, 2.45) is 0 Å². The van der Waals surface area contributed by atoms with Crippen LogP contribution in [0.5, 0.6) is 5.75 Å². The van der Waals surface area contributed by atoms with Gasteiger partial charge in [-0.1, -0.05) is 52.7 Å². The molecule has 4 atom stereocenters. The number of benzene rings is 3. The molecule has 0 bridgehead atoms. The second-order valence-corrected chi connectivity index (χ2v) is 15.5. The molecule has 0 saturated carbocycles. The van der Waals surface area contributed by atoms with Crippen LogP contribution in [0.1, 0.15) is 71.9 Å². The lowest BCUT2D eigenvalue weighted by atomic mass is 9.87. The van der Waals surface area contributed by atoms with Crippen LogP contribution in [0.2, 0.25) is 0 Å². The summed E-state index contributed by atoms with van der Waals surface area (Å²) in [6.45, 7) is 12.0. The van der Waals surface area contributed by atoms with Gasteiger partial charge in [-0.2, -0.15) is 17.2 Å². The third-order valence-electron chi connectivity index (χ3n) is 7.58. The summed E-state index contributed by atoms with van der Waals surface area (Å²) < 4.78 is 76.9. The van der Waals surface area contributed by atoms with Gasteiger partial charge in [0.25, 0.3) is 0 Å². The molecule has 1 fully saturated rings. The van der Waals surface area contributed by atoms with Crippen molar-refractivity contribution < 1.29 is 36.0 Å². The van der Waals surface area contributed by atoms with E-state index in [0.717, 1.165) is 46.4 Å². The van der Waals surface area contributed by atoms with E-state index in [1.54, 1.807) is 12.1 Å². The van der Waals surface area contributed by atoms with Gasteiger partial charge in [-0.3, -0.25) is 4.55 Å². The summed E-state index contributed by atoms with van der Waals surface area (Å²) in [5, 5.41) is -4.45. The predicted octanol–water partition coefficient (Wildman–Crippen LogP) is 8.11. The molecule has 43 heavy (non-hydrogen) atoms. The minimum atomic E-state index is -5.63. The molecule has 234 valence electrons. The van der Waals surface area contributed by atoms with Crippen molar-refractivity contribution in [3.8, 4) is 5.75 Å². The second-order valence-electron chi connectivity index (χ2n) is 12.0. The number of unbranched alkanes of at least 4 members (excludes halogenated alkanes) is 1. The highest BCUT2D eigenvalue weighted by Crippen LogP contribution is 2.38. The molecule has 1 aliphatic heterocycles. The minimum absolute atomic E-state index is 0.00963. The Hall–Kier alpha value is -2.50. The third kappa shape index (κ3) is 7.60. The van der Waals surface area contributed by atoms with E-state index < -0.39 is 38.2 Å². The number of rotatable bonds is 11. The lowest BCUT2D eigenvalue weighted by Crippen LogP contribution is -2.42. The Bertz CT molecular complexity index is 1470. The van der Waals surface area contributed by atoms with Gasteiger partial charge in [0.1, 0.15) is 5.75 Å². The Labute approximate surface area is 256 Å². The molecule has 0 radical (unpaired) electrons. The number of ether oxygens (including phenoxy) is 3. The van der Waals surface area contributed by atoms with Crippen LogP contribution < -0.4 is 4.74 Å². The monoisotopic (exact) mass is 635 g/mol. The van der Waals surface area contributed by atoms with Gasteiger partial charge in [-0.05, 0) is 91.9 Å². The molecule has 0 aliphatic carbocycles. The molecule has 1 N–H and O–H groups in total. The molecule has 6 nitrogen and oxygen atoms in total. The van der Waals surface area contributed by atoms with Crippen molar-refractivity contribution in [1.82, 2.24) is 0 Å². The molecule has 1 saturated heterocycles. The fourth-order valence-corrected chi connectivity index (χ4v) is 7.40. The Morgan fingerprint density at radius 3 is 1.98 bits per heavy atom. The van der Waals surface area contributed by atoms with Crippen LogP contribution in [0.3, 0.4) is 0 Å². The Morgan fingerprint density at radius 2 is 1.49 bits per heavy atom. The van der Waals surface area contributed by atoms with Crippen LogP contribution in [0.25, 0.3) is 0 Å². The van der Waals surface area contributed by atoms with Crippen molar-refractivity contribution in [2.45, 2.75) is 104 Å². The van der Waals surface area contributed by atoms with Gasteiger partial charge in [-0.15, -0.1) is 0 Å². The molecule has 4 unspecified atom stereocenters. The summed E-state index contributed by atoms with van der Waals surface area (Å²) in [4.78, 5) is 3.02. The first kappa shape index (κ1) is 33.4. The van der Waals surface area contributed by atoms with E-state index in [9.17, 15) is 17.2 Å². The first-order valence-corrected chi connectivity index (χ1v) is 17.1. The molecule has 0 aromatic heterocycles. The van der Waals surface area contributed by atoms with Crippen LogP contribution in [0.15, 0.2) is 87.5 Å². The Kier molecular flexibility index (Phi) is 9.98. The lowest BCUT2D eigenvalue weighted by Gasteiger charge is -2.24. The normalized spacial score (nSPS) is 21.0. The Balaban J connectivity index is 1.64. The number of hydrogen-bond donors (Lipinski definition) is 1. The molecular weight excluding hydrogens is 594 g/mol. The molecule has 0 amide bonds. The summed E-state index contributed by atoms with van der Waals surface area (Å²) in [7, 11) is -6.18. The van der Waals surface area contributed by atoms with E-state index in [2.05, 4.69) is 64.1 Å². The molecule has 1 heterocycles. The van der Waals surface area contributed by atoms with Crippen LogP contribution in [-0.2, 0) is 41.7 Å². The summed E-state index contributed by atoms with van der Waals surface area (Å²) in [5.74, 6) is -0.758. The second kappa shape index (κ2) is 12.9. The first-order chi connectivity index (χ1) is 20.0. The van der Waals surface area contributed by atoms with Crippen LogP contribution >= 0.6 is 0 Å². The lowest BCUT2D eigenvalue weighted by molar-refractivity contribution is -0.162. The zero-order chi connectivity index (χ0) is 31.6. The van der Waals surface area contributed by atoms with Crippen molar-refractivity contribution in [3.63, 3.8) is 0 Å². The average molecular weight is 636 g/mol. The first-order valence-electron chi connectivity index (χ1n) is 14.4. The van der Waals surface area contributed by atoms with E-state index in [4.69, 9.17) is 18.8 Å². The van der Waals surface area contributed by atoms with Gasteiger partial charge >= 0.3 is 15.4 Å². The highest BCUT2D eigenvalue weighted by Gasteiger charge is 2.51. The largest absolute Gasteiger partial charge is 0.483 e. The average Bonchev–Trinajstić information content (AvgIpc) is 3.34. The third-order valence-corrected chi connectivity index (χ3v) is 10.8. The summed E-state index contributed by atoms with van der Waals surface area (Å²) >= 11 is 0. The zero-order valence-corrected chi connectivity index (χ0v) is 27.1. The number of alkyl halides is 2. The minimum Gasteiger partial charge on any atom is -0.483 e. The molecular formula is C33H41F2O6S2+. The van der Waals surface area contributed by atoms with E-state index in [-0.39, 0.29) is 17.3 Å². The van der Waals surface area contributed by atoms with Gasteiger partial charge in [0.15, 0.2) is 26.6 Å². The quantitative estimate of drug-likeness (QED) is 0.169. The highest BCUT2D eigenvalue weighted by atomic mass is 32.2. The highest BCUT2D eigenvalue weighted by molar-refractivity contribution is 7.97. The summed E-state index contributed by atoms with van der Waals surface area (Å²) in [6.07, 6.45) is 1.14. The van der Waals surface area contributed by atoms with E-state index in [0.29, 0.717) is 6.61 Å². The van der Waals surface area contributed by atoms with Crippen LogP contribution in [0.4, 0.5) is 8.78 Å². The maximum Gasteiger partial charge on any atom is 0.405 e. The zero-order valence-electron chi connectivity index (χ0n) is 25.5. The molecule has 1 aliphatic rings. The molecule has 3 aromatic carbocycles. The number of halogens is 2. The van der Waals surface area contributed by atoms with Crippen molar-refractivity contribution >= 4 is 21.0 Å². The topological polar surface area (TPSA) is 82.1 Å². The van der Waals surface area contributed by atoms with Gasteiger partial charge in [0.2, 0.25) is 0 Å². The van der Waals surface area contributed by atoms with Gasteiger partial charge in [-0.25, -0.2) is 0 Å². The fraction of sp³-hybridized carbons (Fsp3) is 0.455. The van der Waals surface area contributed by atoms with Crippen LogP contribution in [0, 0.1) is 0 Å². The number of hydrogen-bond acceptors (Lipinski definition) is 5. The fourth-order valence-electron chi connectivity index (χ4n) is 4.89. The molecule has 3 aromatic rings. The van der Waals surface area contributed by atoms with E-state index in [1.165, 1.54) is 17.7 Å². The standard InChI is InChI=1S/C33H40F2O6S2/c1-7-8-9-27-22-39-32(6,41-27)25-12-18-29(19-13-25)42(28-16-10-24(11-17-28)31(3,4)5)30-20-14-26(15-21-30)40-23(2)33(34,35)43(36,37)38/h10-21,23,27H,7-9,22H2,1-6H3/p+1. The molecule has 0 spiro atoms. The van der Waals surface area contributed by atoms with E-state index in [1.807, 2.05) is 19.1 Å². The maximum atomic E-state index is 14.0. The maximum absolute atomic E-state index is 14.0. The van der Waals surface area contributed by atoms with Crippen molar-refractivity contribution in [1.29, 1.82) is 0 Å². The van der Waals surface area contributed by atoms with Gasteiger partial charge < -0.3 is 14.2 Å². The van der Waals surface area contributed by atoms with E-state index >= 15 is 0 Å². The van der Waals surface area contributed by atoms with Crippen molar-refractivity contribution in [2.75, 3.05) is 6.61 Å². The summed E-state index contributed by atoms with van der Waals surface area (Å²) in [5.41, 5.74) is 2.12. The molecule has 10 heteroatoms. The van der Waals surface area contributed by atoms with Gasteiger partial charge in [0.05, 0.1) is 23.6 Å². The molecule has 4 rings (SSSR count).